The fraction of sp³-hybridized carbons (Fsp3) is 0.118. The standard InChI is InChI=1S/C17H16N2OS/c1-11-7-9-12(10-8-11)15-16(21-17(18)19-15)13-5-3-4-6-14(13)20-2/h3-10H,1-2H3,(H2,18,19). The molecule has 0 unspecified atom stereocenters. The van der Waals surface area contributed by atoms with E-state index in [0.29, 0.717) is 5.13 Å². The largest absolute Gasteiger partial charge is 0.496 e. The first-order valence-corrected chi connectivity index (χ1v) is 7.47. The molecule has 3 nitrogen and oxygen atoms in total. The number of thiazole rings is 1. The number of hydrogen-bond acceptors (Lipinski definition) is 4. The van der Waals surface area contributed by atoms with E-state index in [-0.39, 0.29) is 0 Å². The Bertz CT molecular complexity index is 763. The van der Waals surface area contributed by atoms with Crippen molar-refractivity contribution in [3.8, 4) is 27.4 Å². The summed E-state index contributed by atoms with van der Waals surface area (Å²) in [5, 5.41) is 0.562. The van der Waals surface area contributed by atoms with Gasteiger partial charge in [-0.3, -0.25) is 0 Å². The maximum atomic E-state index is 5.94. The Kier molecular flexibility index (Phi) is 3.62. The molecule has 2 N–H and O–H groups in total. The van der Waals surface area contributed by atoms with Crippen LogP contribution in [0.25, 0.3) is 21.7 Å². The van der Waals surface area contributed by atoms with Gasteiger partial charge < -0.3 is 10.5 Å². The molecule has 4 heteroatoms. The van der Waals surface area contributed by atoms with E-state index >= 15 is 0 Å². The molecule has 1 aromatic heterocycles. The molecule has 0 atom stereocenters. The molecule has 21 heavy (non-hydrogen) atoms. The first-order valence-electron chi connectivity index (χ1n) is 6.66. The van der Waals surface area contributed by atoms with E-state index < -0.39 is 0 Å². The van der Waals surface area contributed by atoms with Crippen LogP contribution in [0, 0.1) is 6.92 Å². The molecule has 0 aliphatic carbocycles. The second-order valence-corrected chi connectivity index (χ2v) is 5.83. The van der Waals surface area contributed by atoms with E-state index in [1.165, 1.54) is 16.9 Å². The summed E-state index contributed by atoms with van der Waals surface area (Å²) in [5.74, 6) is 0.828. The van der Waals surface area contributed by atoms with Gasteiger partial charge >= 0.3 is 0 Å². The number of hydrogen-bond donors (Lipinski definition) is 1. The van der Waals surface area contributed by atoms with E-state index in [4.69, 9.17) is 10.5 Å². The second kappa shape index (κ2) is 5.58. The molecule has 0 radical (unpaired) electrons. The number of para-hydroxylation sites is 1. The van der Waals surface area contributed by atoms with Gasteiger partial charge in [0.25, 0.3) is 0 Å². The van der Waals surface area contributed by atoms with Crippen LogP contribution in [0.5, 0.6) is 5.75 Å². The van der Waals surface area contributed by atoms with Crippen LogP contribution in [-0.4, -0.2) is 12.1 Å². The number of nitrogens with zero attached hydrogens (tertiary/aromatic N) is 1. The van der Waals surface area contributed by atoms with Crippen LogP contribution >= 0.6 is 11.3 Å². The second-order valence-electron chi connectivity index (χ2n) is 4.80. The van der Waals surface area contributed by atoms with Gasteiger partial charge in [0.15, 0.2) is 5.13 Å². The summed E-state index contributed by atoms with van der Waals surface area (Å²) in [6, 6.07) is 16.2. The van der Waals surface area contributed by atoms with Crippen molar-refractivity contribution in [1.82, 2.24) is 4.98 Å². The summed E-state index contributed by atoms with van der Waals surface area (Å²) in [7, 11) is 1.68. The highest BCUT2D eigenvalue weighted by Crippen LogP contribution is 2.41. The topological polar surface area (TPSA) is 48.1 Å². The predicted molar refractivity (Wildman–Crippen MR) is 88.7 cm³/mol. The fourth-order valence-corrected chi connectivity index (χ4v) is 3.14. The highest BCUT2D eigenvalue weighted by Gasteiger charge is 2.16. The monoisotopic (exact) mass is 296 g/mol. The van der Waals surface area contributed by atoms with Crippen molar-refractivity contribution in [2.24, 2.45) is 0 Å². The first kappa shape index (κ1) is 13.6. The summed E-state index contributed by atoms with van der Waals surface area (Å²) in [4.78, 5) is 5.54. The average Bonchev–Trinajstić information content (AvgIpc) is 2.89. The van der Waals surface area contributed by atoms with Crippen molar-refractivity contribution in [2.45, 2.75) is 6.92 Å². The SMILES string of the molecule is COc1ccccc1-c1sc(N)nc1-c1ccc(C)cc1. The lowest BCUT2D eigenvalue weighted by Crippen LogP contribution is -1.88. The lowest BCUT2D eigenvalue weighted by atomic mass is 10.0. The van der Waals surface area contributed by atoms with Crippen LogP contribution in [0.15, 0.2) is 48.5 Å². The van der Waals surface area contributed by atoms with Gasteiger partial charge in [0.2, 0.25) is 0 Å². The molecule has 0 saturated carbocycles. The zero-order chi connectivity index (χ0) is 14.8. The van der Waals surface area contributed by atoms with E-state index in [1.807, 2.05) is 24.3 Å². The van der Waals surface area contributed by atoms with Crippen molar-refractivity contribution < 1.29 is 4.74 Å². The Morgan fingerprint density at radius 2 is 1.76 bits per heavy atom. The minimum Gasteiger partial charge on any atom is -0.496 e. The van der Waals surface area contributed by atoms with Gasteiger partial charge in [-0.15, -0.1) is 0 Å². The number of aromatic nitrogens is 1. The third-order valence-electron chi connectivity index (χ3n) is 3.32. The molecule has 106 valence electrons. The van der Waals surface area contributed by atoms with Crippen molar-refractivity contribution in [3.63, 3.8) is 0 Å². The zero-order valence-corrected chi connectivity index (χ0v) is 12.8. The van der Waals surface area contributed by atoms with Gasteiger partial charge in [-0.1, -0.05) is 53.3 Å². The number of methoxy groups -OCH3 is 1. The molecule has 0 aliphatic heterocycles. The van der Waals surface area contributed by atoms with Crippen LogP contribution in [0.1, 0.15) is 5.56 Å². The molecule has 3 aromatic rings. The van der Waals surface area contributed by atoms with Gasteiger partial charge in [0.1, 0.15) is 5.75 Å². The van der Waals surface area contributed by atoms with Crippen LogP contribution in [-0.2, 0) is 0 Å². The third-order valence-corrected chi connectivity index (χ3v) is 4.24. The molecule has 0 aliphatic rings. The number of rotatable bonds is 3. The van der Waals surface area contributed by atoms with Gasteiger partial charge in [-0.25, -0.2) is 4.98 Å². The lowest BCUT2D eigenvalue weighted by Gasteiger charge is -2.08. The molecular formula is C17H16N2OS. The van der Waals surface area contributed by atoms with Gasteiger partial charge in [-0.05, 0) is 19.1 Å². The highest BCUT2D eigenvalue weighted by atomic mass is 32.1. The van der Waals surface area contributed by atoms with E-state index in [0.717, 1.165) is 27.4 Å². The van der Waals surface area contributed by atoms with Crippen molar-refractivity contribution in [2.75, 3.05) is 12.8 Å². The summed E-state index contributed by atoms with van der Waals surface area (Å²) in [6.07, 6.45) is 0. The van der Waals surface area contributed by atoms with E-state index in [2.05, 4.69) is 36.2 Å². The normalized spacial score (nSPS) is 10.6. The van der Waals surface area contributed by atoms with Crippen LogP contribution in [0.4, 0.5) is 5.13 Å². The smallest absolute Gasteiger partial charge is 0.181 e. The van der Waals surface area contributed by atoms with Crippen molar-refractivity contribution in [3.05, 3.63) is 54.1 Å². The molecule has 0 saturated heterocycles. The highest BCUT2D eigenvalue weighted by molar-refractivity contribution is 7.19. The molecular weight excluding hydrogens is 280 g/mol. The Morgan fingerprint density at radius 3 is 2.48 bits per heavy atom. The number of anilines is 1. The Balaban J connectivity index is 2.18. The van der Waals surface area contributed by atoms with Gasteiger partial charge in [0.05, 0.1) is 17.7 Å². The van der Waals surface area contributed by atoms with Gasteiger partial charge in [0, 0.05) is 11.1 Å². The first-order chi connectivity index (χ1) is 10.2. The van der Waals surface area contributed by atoms with Gasteiger partial charge in [-0.2, -0.15) is 0 Å². The summed E-state index contributed by atoms with van der Waals surface area (Å²) < 4.78 is 5.46. The number of ether oxygens (including phenoxy) is 1. The third kappa shape index (κ3) is 2.62. The summed E-state index contributed by atoms with van der Waals surface area (Å²) >= 11 is 1.48. The van der Waals surface area contributed by atoms with Crippen molar-refractivity contribution in [1.29, 1.82) is 0 Å². The number of nitrogens with two attached hydrogens (primary N) is 1. The lowest BCUT2D eigenvalue weighted by molar-refractivity contribution is 0.416. The van der Waals surface area contributed by atoms with Crippen LogP contribution < -0.4 is 10.5 Å². The Labute approximate surface area is 128 Å². The predicted octanol–water partition coefficient (Wildman–Crippen LogP) is 4.38. The molecule has 0 bridgehead atoms. The van der Waals surface area contributed by atoms with Crippen LogP contribution in [0.2, 0.25) is 0 Å². The molecule has 2 aromatic carbocycles. The minimum absolute atomic E-state index is 0.562. The summed E-state index contributed by atoms with van der Waals surface area (Å²) in [5.41, 5.74) is 10.2. The molecule has 0 spiro atoms. The van der Waals surface area contributed by atoms with Crippen LogP contribution in [0.3, 0.4) is 0 Å². The molecule has 0 amide bonds. The summed E-state index contributed by atoms with van der Waals surface area (Å²) in [6.45, 7) is 2.07. The van der Waals surface area contributed by atoms with E-state index in [1.54, 1.807) is 7.11 Å². The zero-order valence-electron chi connectivity index (χ0n) is 12.0. The fourth-order valence-electron chi connectivity index (χ4n) is 2.26. The number of benzene rings is 2. The molecule has 0 fully saturated rings. The molecule has 1 heterocycles. The average molecular weight is 296 g/mol. The van der Waals surface area contributed by atoms with Crippen molar-refractivity contribution >= 4 is 16.5 Å². The quantitative estimate of drug-likeness (QED) is 0.780. The number of nitrogen functional groups attached to an aromatic ring is 1. The maximum Gasteiger partial charge on any atom is 0.181 e. The van der Waals surface area contributed by atoms with E-state index in [9.17, 15) is 0 Å². The molecule has 3 rings (SSSR count). The number of aryl methyl sites for hydroxylation is 1. The Hall–Kier alpha value is -2.33. The minimum atomic E-state index is 0.562. The maximum absolute atomic E-state index is 5.94. The Morgan fingerprint density at radius 1 is 1.05 bits per heavy atom.